The number of fused-ring (bicyclic) bond motifs is 2. The summed E-state index contributed by atoms with van der Waals surface area (Å²) >= 11 is 5.96. The van der Waals surface area contributed by atoms with Crippen molar-refractivity contribution in [1.82, 2.24) is 4.90 Å². The molecule has 3 aromatic rings. The summed E-state index contributed by atoms with van der Waals surface area (Å²) in [5.41, 5.74) is 3.17. The van der Waals surface area contributed by atoms with E-state index >= 15 is 0 Å². The summed E-state index contributed by atoms with van der Waals surface area (Å²) in [5, 5.41) is 0.600. The monoisotopic (exact) mass is 430 g/mol. The second-order valence-corrected chi connectivity index (χ2v) is 8.71. The quantitative estimate of drug-likeness (QED) is 0.601. The molecule has 2 aliphatic heterocycles. The first-order valence-electron chi connectivity index (χ1n) is 10.6. The smallest absolute Gasteiger partial charge is 0.253 e. The Hall–Kier alpha value is -3.11. The van der Waals surface area contributed by atoms with E-state index in [2.05, 4.69) is 12.1 Å². The molecule has 2 heterocycles. The van der Waals surface area contributed by atoms with Gasteiger partial charge in [-0.15, -0.1) is 0 Å². The molecule has 4 nitrogen and oxygen atoms in total. The van der Waals surface area contributed by atoms with Gasteiger partial charge in [0.1, 0.15) is 0 Å². The lowest BCUT2D eigenvalue weighted by Crippen LogP contribution is -2.43. The van der Waals surface area contributed by atoms with E-state index < -0.39 is 5.41 Å². The molecule has 0 radical (unpaired) electrons. The highest BCUT2D eigenvalue weighted by Gasteiger charge is 2.54. The fraction of sp³-hybridized carbons (Fsp3) is 0.231. The number of anilines is 1. The molecule has 0 aliphatic carbocycles. The Morgan fingerprint density at radius 3 is 2.42 bits per heavy atom. The van der Waals surface area contributed by atoms with Gasteiger partial charge in [0, 0.05) is 35.9 Å². The van der Waals surface area contributed by atoms with Gasteiger partial charge in [-0.2, -0.15) is 0 Å². The van der Waals surface area contributed by atoms with E-state index in [1.54, 1.807) is 29.2 Å². The van der Waals surface area contributed by atoms with Crippen LogP contribution >= 0.6 is 11.6 Å². The summed E-state index contributed by atoms with van der Waals surface area (Å²) in [6.07, 6.45) is 1.44. The highest BCUT2D eigenvalue weighted by molar-refractivity contribution is 6.30. The van der Waals surface area contributed by atoms with E-state index in [4.69, 9.17) is 11.6 Å². The van der Waals surface area contributed by atoms with Gasteiger partial charge in [-0.1, -0.05) is 60.1 Å². The molecule has 1 unspecified atom stereocenters. The molecule has 156 valence electrons. The summed E-state index contributed by atoms with van der Waals surface area (Å²) in [7, 11) is 0. The van der Waals surface area contributed by atoms with Gasteiger partial charge in [0.2, 0.25) is 5.91 Å². The molecule has 0 saturated carbocycles. The van der Waals surface area contributed by atoms with Gasteiger partial charge in [-0.25, -0.2) is 0 Å². The summed E-state index contributed by atoms with van der Waals surface area (Å²) in [6.45, 7) is 1.60. The minimum Gasteiger partial charge on any atom is -0.337 e. The van der Waals surface area contributed by atoms with Crippen molar-refractivity contribution in [3.05, 3.63) is 101 Å². The van der Waals surface area contributed by atoms with E-state index in [0.29, 0.717) is 36.6 Å². The van der Waals surface area contributed by atoms with Crippen molar-refractivity contribution in [3.8, 4) is 0 Å². The number of rotatable bonds is 4. The molecule has 5 heteroatoms. The van der Waals surface area contributed by atoms with Gasteiger partial charge in [0.15, 0.2) is 0 Å². The van der Waals surface area contributed by atoms with E-state index in [0.717, 1.165) is 17.7 Å². The van der Waals surface area contributed by atoms with E-state index in [-0.39, 0.29) is 11.8 Å². The van der Waals surface area contributed by atoms with Crippen LogP contribution in [0.25, 0.3) is 0 Å². The lowest BCUT2D eigenvalue weighted by molar-refractivity contribution is -0.122. The number of carbonyl (C=O) groups excluding carboxylic acids is 2. The Balaban J connectivity index is 1.41. The first-order valence-corrected chi connectivity index (χ1v) is 11.0. The van der Waals surface area contributed by atoms with E-state index in [1.807, 2.05) is 47.4 Å². The maximum atomic E-state index is 13.7. The highest BCUT2D eigenvalue weighted by atomic mass is 35.5. The number of hydrogen-bond donors (Lipinski definition) is 0. The SMILES string of the molecule is O=C(c1ccc(Cl)cc1)N1CCC2(C1)C(=O)N(CCc1ccccc1)c1ccccc12. The minimum atomic E-state index is -0.657. The standard InChI is InChI=1S/C26H23ClN2O2/c27-21-12-10-20(11-13-21)24(30)28-17-15-26(18-28)22-8-4-5-9-23(22)29(25(26)31)16-14-19-6-2-1-3-7-19/h1-13H,14-18H2. The third-order valence-corrected chi connectivity index (χ3v) is 6.73. The fourth-order valence-electron chi connectivity index (χ4n) is 4.86. The average Bonchev–Trinajstić information content (AvgIpc) is 3.35. The molecular weight excluding hydrogens is 408 g/mol. The van der Waals surface area contributed by atoms with Gasteiger partial charge >= 0.3 is 0 Å². The van der Waals surface area contributed by atoms with Crippen molar-refractivity contribution < 1.29 is 9.59 Å². The number of amides is 2. The Morgan fingerprint density at radius 2 is 1.65 bits per heavy atom. The number of hydrogen-bond acceptors (Lipinski definition) is 2. The molecular formula is C26H23ClN2O2. The summed E-state index contributed by atoms with van der Waals surface area (Å²) < 4.78 is 0. The highest BCUT2D eigenvalue weighted by Crippen LogP contribution is 2.47. The Labute approximate surface area is 187 Å². The van der Waals surface area contributed by atoms with E-state index in [1.165, 1.54) is 5.56 Å². The zero-order valence-electron chi connectivity index (χ0n) is 17.1. The first-order chi connectivity index (χ1) is 15.1. The number of carbonyl (C=O) groups is 2. The Bertz CT molecular complexity index is 1130. The molecule has 2 aliphatic rings. The number of nitrogens with zero attached hydrogens (tertiary/aromatic N) is 2. The minimum absolute atomic E-state index is 0.0541. The third-order valence-electron chi connectivity index (χ3n) is 6.48. The maximum absolute atomic E-state index is 13.7. The zero-order valence-corrected chi connectivity index (χ0v) is 17.9. The van der Waals surface area contributed by atoms with Gasteiger partial charge < -0.3 is 9.80 Å². The largest absolute Gasteiger partial charge is 0.337 e. The number of halogens is 1. The normalized spacial score (nSPS) is 19.8. The predicted octanol–water partition coefficient (Wildman–Crippen LogP) is 4.71. The molecule has 31 heavy (non-hydrogen) atoms. The molecule has 0 bridgehead atoms. The molecule has 3 aromatic carbocycles. The van der Waals surface area contributed by atoms with Crippen molar-refractivity contribution >= 4 is 29.1 Å². The molecule has 1 fully saturated rings. The Kier molecular flexibility index (Phi) is 5.03. The topological polar surface area (TPSA) is 40.6 Å². The predicted molar refractivity (Wildman–Crippen MR) is 123 cm³/mol. The van der Waals surface area contributed by atoms with Crippen LogP contribution in [0.5, 0.6) is 0 Å². The molecule has 1 spiro atoms. The maximum Gasteiger partial charge on any atom is 0.253 e. The molecule has 2 amide bonds. The van der Waals surface area contributed by atoms with Crippen molar-refractivity contribution in [2.45, 2.75) is 18.3 Å². The van der Waals surface area contributed by atoms with Gasteiger partial charge in [-0.05, 0) is 54.3 Å². The zero-order chi connectivity index (χ0) is 21.4. The van der Waals surface area contributed by atoms with Crippen LogP contribution in [-0.4, -0.2) is 36.3 Å². The van der Waals surface area contributed by atoms with Crippen LogP contribution in [0.4, 0.5) is 5.69 Å². The summed E-state index contributed by atoms with van der Waals surface area (Å²) in [4.78, 5) is 30.5. The summed E-state index contributed by atoms with van der Waals surface area (Å²) in [6, 6.07) is 25.2. The molecule has 5 rings (SSSR count). The van der Waals surface area contributed by atoms with Crippen LogP contribution in [0.2, 0.25) is 5.02 Å². The van der Waals surface area contributed by atoms with Crippen molar-refractivity contribution in [1.29, 1.82) is 0 Å². The van der Waals surface area contributed by atoms with Gasteiger partial charge in [0.05, 0.1) is 5.41 Å². The number of benzene rings is 3. The second kappa shape index (κ2) is 7.86. The summed E-state index contributed by atoms with van der Waals surface area (Å²) in [5.74, 6) is 0.0533. The van der Waals surface area contributed by atoms with Crippen molar-refractivity contribution in [2.24, 2.45) is 0 Å². The van der Waals surface area contributed by atoms with Gasteiger partial charge in [-0.3, -0.25) is 9.59 Å². The molecule has 0 aromatic heterocycles. The third kappa shape index (κ3) is 3.41. The number of likely N-dealkylation sites (tertiary alicyclic amines) is 1. The molecule has 1 atom stereocenters. The fourth-order valence-corrected chi connectivity index (χ4v) is 4.98. The lowest BCUT2D eigenvalue weighted by Gasteiger charge is -2.24. The van der Waals surface area contributed by atoms with Crippen LogP contribution in [0.3, 0.4) is 0 Å². The van der Waals surface area contributed by atoms with Crippen LogP contribution < -0.4 is 4.90 Å². The van der Waals surface area contributed by atoms with Crippen molar-refractivity contribution in [2.75, 3.05) is 24.5 Å². The van der Waals surface area contributed by atoms with Crippen LogP contribution in [0.15, 0.2) is 78.9 Å². The molecule has 0 N–H and O–H groups in total. The average molecular weight is 431 g/mol. The lowest BCUT2D eigenvalue weighted by atomic mass is 9.81. The van der Waals surface area contributed by atoms with Crippen LogP contribution in [0.1, 0.15) is 27.9 Å². The van der Waals surface area contributed by atoms with Crippen molar-refractivity contribution in [3.63, 3.8) is 0 Å². The van der Waals surface area contributed by atoms with E-state index in [9.17, 15) is 9.59 Å². The van der Waals surface area contributed by atoms with Crippen LogP contribution in [0, 0.1) is 0 Å². The van der Waals surface area contributed by atoms with Crippen LogP contribution in [-0.2, 0) is 16.6 Å². The molecule has 1 saturated heterocycles. The van der Waals surface area contributed by atoms with Gasteiger partial charge in [0.25, 0.3) is 5.91 Å². The second-order valence-electron chi connectivity index (χ2n) is 8.28. The first kappa shape index (κ1) is 19.8. The number of para-hydroxylation sites is 1. The Morgan fingerprint density at radius 1 is 0.935 bits per heavy atom.